The molecule has 0 bridgehead atoms. The number of ether oxygens (including phenoxy) is 1. The van der Waals surface area contributed by atoms with Gasteiger partial charge in [-0.15, -0.1) is 13.2 Å². The minimum absolute atomic E-state index is 0.0937. The van der Waals surface area contributed by atoms with Crippen molar-refractivity contribution >= 4 is 10.8 Å². The molecule has 0 N–H and O–H groups in total. The van der Waals surface area contributed by atoms with E-state index in [4.69, 9.17) is 0 Å². The van der Waals surface area contributed by atoms with Crippen LogP contribution in [0, 0.1) is 23.5 Å². The lowest BCUT2D eigenvalue weighted by atomic mass is 10.0. The van der Waals surface area contributed by atoms with Crippen molar-refractivity contribution in [2.45, 2.75) is 32.5 Å². The molecule has 6 heteroatoms. The van der Waals surface area contributed by atoms with E-state index < -0.39 is 23.7 Å². The van der Waals surface area contributed by atoms with Gasteiger partial charge in [0.1, 0.15) is 0 Å². The van der Waals surface area contributed by atoms with Crippen LogP contribution >= 0.6 is 0 Å². The number of hydrogen-bond acceptors (Lipinski definition) is 1. The summed E-state index contributed by atoms with van der Waals surface area (Å²) in [5, 5.41) is -0.0901. The lowest BCUT2D eigenvalue weighted by Crippen LogP contribution is -2.19. The van der Waals surface area contributed by atoms with Gasteiger partial charge in [-0.05, 0) is 54.1 Å². The molecule has 3 rings (SSSR count). The van der Waals surface area contributed by atoms with Crippen molar-refractivity contribution in [2.75, 3.05) is 0 Å². The van der Waals surface area contributed by atoms with Gasteiger partial charge in [0.05, 0.1) is 0 Å². The number of fused-ring (bicyclic) bond motifs is 1. The Morgan fingerprint density at radius 1 is 0.897 bits per heavy atom. The highest BCUT2D eigenvalue weighted by atomic mass is 19.4. The topological polar surface area (TPSA) is 9.23 Å². The molecule has 1 nitrogen and oxygen atoms in total. The molecule has 0 aliphatic carbocycles. The summed E-state index contributed by atoms with van der Waals surface area (Å²) in [6.07, 6.45) is -1.95. The SMILES string of the molecule is CCCCc1ccc(C#Cc2ccc3c(F)c(OC(F)(F)F)c(F)cc3c2)cc1. The smallest absolute Gasteiger partial charge is 0.399 e. The maximum absolute atomic E-state index is 14.3. The van der Waals surface area contributed by atoms with Crippen molar-refractivity contribution in [1.82, 2.24) is 0 Å². The molecule has 150 valence electrons. The van der Waals surface area contributed by atoms with E-state index in [9.17, 15) is 22.0 Å². The van der Waals surface area contributed by atoms with Crippen LogP contribution in [0.25, 0.3) is 10.8 Å². The molecule has 3 aromatic carbocycles. The predicted molar refractivity (Wildman–Crippen MR) is 102 cm³/mol. The van der Waals surface area contributed by atoms with Crippen molar-refractivity contribution < 1.29 is 26.7 Å². The summed E-state index contributed by atoms with van der Waals surface area (Å²) < 4.78 is 68.7. The first-order chi connectivity index (χ1) is 13.8. The summed E-state index contributed by atoms with van der Waals surface area (Å²) >= 11 is 0. The van der Waals surface area contributed by atoms with Gasteiger partial charge in [0.15, 0.2) is 11.6 Å². The molecule has 0 aromatic heterocycles. The van der Waals surface area contributed by atoms with E-state index in [2.05, 4.69) is 23.5 Å². The van der Waals surface area contributed by atoms with Gasteiger partial charge in [0.25, 0.3) is 0 Å². The second-order valence-corrected chi connectivity index (χ2v) is 6.54. The van der Waals surface area contributed by atoms with Crippen LogP contribution in [0.5, 0.6) is 5.75 Å². The van der Waals surface area contributed by atoms with Crippen LogP contribution in [0.3, 0.4) is 0 Å². The fourth-order valence-electron chi connectivity index (χ4n) is 2.88. The van der Waals surface area contributed by atoms with Crippen LogP contribution in [-0.2, 0) is 6.42 Å². The van der Waals surface area contributed by atoms with Crippen LogP contribution in [0.15, 0.2) is 48.5 Å². The number of unbranched alkanes of at least 4 members (excludes halogenated alkanes) is 1. The Balaban J connectivity index is 1.87. The van der Waals surface area contributed by atoms with Crippen molar-refractivity contribution in [3.8, 4) is 17.6 Å². The second-order valence-electron chi connectivity index (χ2n) is 6.54. The van der Waals surface area contributed by atoms with E-state index in [1.54, 1.807) is 0 Å². The normalized spacial score (nSPS) is 11.2. The molecule has 0 heterocycles. The third kappa shape index (κ3) is 5.26. The number of halogens is 5. The molecule has 3 aromatic rings. The van der Waals surface area contributed by atoms with Gasteiger partial charge in [-0.25, -0.2) is 8.78 Å². The molecular weight excluding hydrogens is 387 g/mol. The Hall–Kier alpha value is -3.07. The Kier molecular flexibility index (Phi) is 6.07. The molecule has 0 saturated heterocycles. The summed E-state index contributed by atoms with van der Waals surface area (Å²) in [6.45, 7) is 2.13. The van der Waals surface area contributed by atoms with E-state index in [1.165, 1.54) is 23.8 Å². The highest BCUT2D eigenvalue weighted by molar-refractivity contribution is 5.86. The first-order valence-electron chi connectivity index (χ1n) is 9.05. The first-order valence-corrected chi connectivity index (χ1v) is 9.05. The van der Waals surface area contributed by atoms with Crippen LogP contribution in [0.2, 0.25) is 0 Å². The summed E-state index contributed by atoms with van der Waals surface area (Å²) in [5.41, 5.74) is 2.50. The monoisotopic (exact) mass is 404 g/mol. The number of aryl methyl sites for hydroxylation is 1. The molecule has 0 atom stereocenters. The molecule has 0 radical (unpaired) electrons. The Morgan fingerprint density at radius 2 is 1.55 bits per heavy atom. The molecule has 0 fully saturated rings. The number of rotatable bonds is 4. The van der Waals surface area contributed by atoms with Crippen LogP contribution in [0.1, 0.15) is 36.5 Å². The average Bonchev–Trinajstić information content (AvgIpc) is 2.68. The number of hydrogen-bond donors (Lipinski definition) is 0. The van der Waals surface area contributed by atoms with Gasteiger partial charge in [0, 0.05) is 16.5 Å². The van der Waals surface area contributed by atoms with E-state index in [0.29, 0.717) is 5.56 Å². The molecule has 0 amide bonds. The zero-order valence-electron chi connectivity index (χ0n) is 15.5. The van der Waals surface area contributed by atoms with Crippen LogP contribution in [-0.4, -0.2) is 6.36 Å². The number of alkyl halides is 3. The minimum Gasteiger partial charge on any atom is -0.399 e. The van der Waals surface area contributed by atoms with Gasteiger partial charge in [-0.3, -0.25) is 0 Å². The second kappa shape index (κ2) is 8.52. The summed E-state index contributed by atoms with van der Waals surface area (Å²) in [4.78, 5) is 0. The van der Waals surface area contributed by atoms with Gasteiger partial charge >= 0.3 is 6.36 Å². The lowest BCUT2D eigenvalue weighted by molar-refractivity contribution is -0.276. The van der Waals surface area contributed by atoms with Crippen molar-refractivity contribution in [1.29, 1.82) is 0 Å². The van der Waals surface area contributed by atoms with Crippen LogP contribution < -0.4 is 4.74 Å². The van der Waals surface area contributed by atoms with E-state index in [-0.39, 0.29) is 10.8 Å². The Labute approximate surface area is 165 Å². The summed E-state index contributed by atoms with van der Waals surface area (Å²) in [7, 11) is 0. The highest BCUT2D eigenvalue weighted by Gasteiger charge is 2.34. The molecular formula is C23H17F5O. The summed E-state index contributed by atoms with van der Waals surface area (Å²) in [5.74, 6) is 1.57. The zero-order valence-corrected chi connectivity index (χ0v) is 15.5. The lowest BCUT2D eigenvalue weighted by Gasteiger charge is -2.12. The number of benzene rings is 3. The third-order valence-electron chi connectivity index (χ3n) is 4.33. The first kappa shape index (κ1) is 20.7. The van der Waals surface area contributed by atoms with Gasteiger partial charge in [0.2, 0.25) is 5.75 Å². The standard InChI is InChI=1S/C23H17F5O/c1-2-3-4-15-5-7-16(8-6-15)9-10-17-11-12-19-18(13-17)14-20(24)22(21(19)25)29-23(26,27)28/h5-8,11-14H,2-4H2,1H3. The fraction of sp³-hybridized carbons (Fsp3) is 0.217. The minimum atomic E-state index is -5.19. The third-order valence-corrected chi connectivity index (χ3v) is 4.33. The zero-order chi connectivity index (χ0) is 21.0. The van der Waals surface area contributed by atoms with Crippen molar-refractivity contribution in [3.05, 3.63) is 76.9 Å². The largest absolute Gasteiger partial charge is 0.573 e. The predicted octanol–water partition coefficient (Wildman–Crippen LogP) is 6.76. The highest BCUT2D eigenvalue weighted by Crippen LogP contribution is 2.33. The fourth-order valence-corrected chi connectivity index (χ4v) is 2.88. The molecule has 0 saturated carbocycles. The van der Waals surface area contributed by atoms with Crippen LogP contribution in [0.4, 0.5) is 22.0 Å². The molecule has 0 spiro atoms. The van der Waals surface area contributed by atoms with E-state index >= 15 is 0 Å². The van der Waals surface area contributed by atoms with Gasteiger partial charge in [-0.2, -0.15) is 0 Å². The molecule has 0 unspecified atom stereocenters. The van der Waals surface area contributed by atoms with Gasteiger partial charge in [-0.1, -0.05) is 43.4 Å². The molecule has 0 aliphatic heterocycles. The van der Waals surface area contributed by atoms with E-state index in [0.717, 1.165) is 30.9 Å². The quantitative estimate of drug-likeness (QED) is 0.345. The molecule has 29 heavy (non-hydrogen) atoms. The van der Waals surface area contributed by atoms with E-state index in [1.807, 2.05) is 24.3 Å². The van der Waals surface area contributed by atoms with Gasteiger partial charge < -0.3 is 4.74 Å². The average molecular weight is 404 g/mol. The van der Waals surface area contributed by atoms with Crippen molar-refractivity contribution in [2.24, 2.45) is 0 Å². The Morgan fingerprint density at radius 3 is 2.21 bits per heavy atom. The van der Waals surface area contributed by atoms with Crippen molar-refractivity contribution in [3.63, 3.8) is 0 Å². The summed E-state index contributed by atoms with van der Waals surface area (Å²) in [6, 6.07) is 12.8. The maximum Gasteiger partial charge on any atom is 0.573 e. The Bertz CT molecular complexity index is 1070. The maximum atomic E-state index is 14.3. The molecule has 0 aliphatic rings.